The maximum atomic E-state index is 9.61. The van der Waals surface area contributed by atoms with Crippen LogP contribution in [0.3, 0.4) is 0 Å². The summed E-state index contributed by atoms with van der Waals surface area (Å²) in [5.74, 6) is 0.350. The van der Waals surface area contributed by atoms with Crippen LogP contribution in [0.4, 0.5) is 0 Å². The summed E-state index contributed by atoms with van der Waals surface area (Å²) in [5.41, 5.74) is 2.54. The highest BCUT2D eigenvalue weighted by atomic mass is 16.3. The Labute approximate surface area is 85.2 Å². The zero-order valence-corrected chi connectivity index (χ0v) is 9.26. The smallest absolute Gasteiger partial charge is 0.121 e. The molecule has 0 aromatic heterocycles. The van der Waals surface area contributed by atoms with E-state index in [1.807, 2.05) is 39.8 Å². The maximum absolute atomic E-state index is 9.61. The molecule has 0 spiro atoms. The van der Waals surface area contributed by atoms with E-state index in [2.05, 4.69) is 0 Å². The lowest BCUT2D eigenvalue weighted by molar-refractivity contribution is 0.218. The number of benzene rings is 1. The van der Waals surface area contributed by atoms with Crippen molar-refractivity contribution < 1.29 is 10.2 Å². The van der Waals surface area contributed by atoms with Gasteiger partial charge < -0.3 is 10.2 Å². The van der Waals surface area contributed by atoms with Crippen LogP contribution in [0.5, 0.6) is 5.75 Å². The predicted molar refractivity (Wildman–Crippen MR) is 57.7 cm³/mol. The molecule has 0 aliphatic carbocycles. The molecule has 2 N–H and O–H groups in total. The molecule has 0 aliphatic rings. The molecule has 0 unspecified atom stereocenters. The summed E-state index contributed by atoms with van der Waals surface area (Å²) in [6, 6.07) is 3.86. The molecular formula is C12H18O2. The average Bonchev–Trinajstić information content (AvgIpc) is 2.13. The first-order valence-electron chi connectivity index (χ1n) is 4.80. The molecule has 1 aromatic carbocycles. The molecular weight excluding hydrogens is 176 g/mol. The van der Waals surface area contributed by atoms with Gasteiger partial charge in [0.2, 0.25) is 0 Å². The highest BCUT2D eigenvalue weighted by Gasteiger charge is 2.20. The van der Waals surface area contributed by atoms with Crippen molar-refractivity contribution in [3.05, 3.63) is 28.8 Å². The lowest BCUT2D eigenvalue weighted by Crippen LogP contribution is -2.22. The Morgan fingerprint density at radius 3 is 1.93 bits per heavy atom. The number of aromatic hydroxyl groups is 1. The average molecular weight is 194 g/mol. The first-order chi connectivity index (χ1) is 6.38. The number of aliphatic hydroxyl groups excluding tert-OH is 1. The van der Waals surface area contributed by atoms with Gasteiger partial charge in [-0.1, -0.05) is 26.0 Å². The molecule has 0 atom stereocenters. The van der Waals surface area contributed by atoms with Crippen LogP contribution in [-0.4, -0.2) is 16.8 Å². The molecule has 0 aliphatic heterocycles. The monoisotopic (exact) mass is 194 g/mol. The van der Waals surface area contributed by atoms with Gasteiger partial charge in [0.1, 0.15) is 5.75 Å². The van der Waals surface area contributed by atoms with Crippen molar-refractivity contribution in [2.45, 2.75) is 33.1 Å². The molecule has 0 radical (unpaired) electrons. The van der Waals surface area contributed by atoms with Gasteiger partial charge in [-0.15, -0.1) is 0 Å². The van der Waals surface area contributed by atoms with E-state index in [0.29, 0.717) is 5.75 Å². The topological polar surface area (TPSA) is 40.5 Å². The third kappa shape index (κ3) is 1.90. The molecule has 0 heterocycles. The van der Waals surface area contributed by atoms with Gasteiger partial charge in [0.25, 0.3) is 0 Å². The molecule has 2 nitrogen and oxygen atoms in total. The Kier molecular flexibility index (Phi) is 2.86. The van der Waals surface area contributed by atoms with Gasteiger partial charge >= 0.3 is 0 Å². The Hall–Kier alpha value is -1.02. The third-order valence-electron chi connectivity index (χ3n) is 2.67. The van der Waals surface area contributed by atoms with E-state index in [9.17, 15) is 10.2 Å². The SMILES string of the molecule is Cc1cc(C(C)(C)CO)cc(C)c1O. The van der Waals surface area contributed by atoms with Crippen molar-refractivity contribution in [2.75, 3.05) is 6.61 Å². The van der Waals surface area contributed by atoms with E-state index < -0.39 is 0 Å². The highest BCUT2D eigenvalue weighted by molar-refractivity contribution is 5.44. The third-order valence-corrected chi connectivity index (χ3v) is 2.67. The minimum Gasteiger partial charge on any atom is -0.507 e. The van der Waals surface area contributed by atoms with Gasteiger partial charge in [-0.2, -0.15) is 0 Å². The van der Waals surface area contributed by atoms with Crippen LogP contribution in [-0.2, 0) is 5.41 Å². The van der Waals surface area contributed by atoms with E-state index in [-0.39, 0.29) is 12.0 Å². The van der Waals surface area contributed by atoms with Crippen LogP contribution in [0.15, 0.2) is 12.1 Å². The quantitative estimate of drug-likeness (QED) is 0.758. The van der Waals surface area contributed by atoms with Crippen molar-refractivity contribution in [1.82, 2.24) is 0 Å². The van der Waals surface area contributed by atoms with E-state index in [1.54, 1.807) is 0 Å². The van der Waals surface area contributed by atoms with Gasteiger partial charge in [-0.05, 0) is 30.5 Å². The van der Waals surface area contributed by atoms with Crippen LogP contribution in [0.2, 0.25) is 0 Å². The Balaban J connectivity index is 3.26. The van der Waals surface area contributed by atoms with Crippen LogP contribution in [0.25, 0.3) is 0 Å². The number of phenolic OH excluding ortho intramolecular Hbond substituents is 1. The second-order valence-electron chi connectivity index (χ2n) is 4.50. The zero-order valence-electron chi connectivity index (χ0n) is 9.26. The van der Waals surface area contributed by atoms with Crippen molar-refractivity contribution in [1.29, 1.82) is 0 Å². The molecule has 2 heteroatoms. The van der Waals surface area contributed by atoms with Crippen molar-refractivity contribution in [3.8, 4) is 5.75 Å². The number of hydrogen-bond donors (Lipinski definition) is 2. The van der Waals surface area contributed by atoms with Crippen LogP contribution in [0.1, 0.15) is 30.5 Å². The largest absolute Gasteiger partial charge is 0.507 e. The van der Waals surface area contributed by atoms with Gasteiger partial charge in [0.15, 0.2) is 0 Å². The Bertz CT molecular complexity index is 317. The normalized spacial score (nSPS) is 11.8. The zero-order chi connectivity index (χ0) is 10.9. The van der Waals surface area contributed by atoms with Crippen LogP contribution in [0, 0.1) is 13.8 Å². The summed E-state index contributed by atoms with van der Waals surface area (Å²) in [5, 5.41) is 18.8. The molecule has 78 valence electrons. The van der Waals surface area contributed by atoms with Crippen LogP contribution >= 0.6 is 0 Å². The summed E-state index contributed by atoms with van der Waals surface area (Å²) >= 11 is 0. The van der Waals surface area contributed by atoms with Gasteiger partial charge in [0, 0.05) is 5.41 Å². The fraction of sp³-hybridized carbons (Fsp3) is 0.500. The summed E-state index contributed by atoms with van der Waals surface area (Å²) in [7, 11) is 0. The van der Waals surface area contributed by atoms with Crippen molar-refractivity contribution >= 4 is 0 Å². The molecule has 0 fully saturated rings. The second kappa shape index (κ2) is 3.62. The van der Waals surface area contributed by atoms with Crippen molar-refractivity contribution in [2.24, 2.45) is 0 Å². The fourth-order valence-electron chi connectivity index (χ4n) is 1.44. The van der Waals surface area contributed by atoms with E-state index in [0.717, 1.165) is 16.7 Å². The lowest BCUT2D eigenvalue weighted by atomic mass is 9.84. The summed E-state index contributed by atoms with van der Waals surface area (Å²) < 4.78 is 0. The van der Waals surface area contributed by atoms with Gasteiger partial charge in [0.05, 0.1) is 6.61 Å². The summed E-state index contributed by atoms with van der Waals surface area (Å²) in [6.45, 7) is 7.83. The van der Waals surface area contributed by atoms with Gasteiger partial charge in [-0.25, -0.2) is 0 Å². The minimum atomic E-state index is -0.247. The summed E-state index contributed by atoms with van der Waals surface area (Å²) in [4.78, 5) is 0. The standard InChI is InChI=1S/C12H18O2/c1-8-5-10(12(3,4)7-13)6-9(2)11(8)14/h5-6,13-14H,7H2,1-4H3. The summed E-state index contributed by atoms with van der Waals surface area (Å²) in [6.07, 6.45) is 0. The minimum absolute atomic E-state index is 0.108. The molecule has 0 saturated heterocycles. The molecule has 0 amide bonds. The van der Waals surface area contributed by atoms with E-state index in [1.165, 1.54) is 0 Å². The van der Waals surface area contributed by atoms with Crippen LogP contribution < -0.4 is 0 Å². The van der Waals surface area contributed by atoms with Crippen molar-refractivity contribution in [3.63, 3.8) is 0 Å². The maximum Gasteiger partial charge on any atom is 0.121 e. The number of rotatable bonds is 2. The Morgan fingerprint density at radius 1 is 1.14 bits per heavy atom. The lowest BCUT2D eigenvalue weighted by Gasteiger charge is -2.23. The van der Waals surface area contributed by atoms with E-state index >= 15 is 0 Å². The number of aryl methyl sites for hydroxylation is 2. The predicted octanol–water partition coefficient (Wildman–Crippen LogP) is 2.28. The Morgan fingerprint density at radius 2 is 1.57 bits per heavy atom. The molecule has 14 heavy (non-hydrogen) atoms. The second-order valence-corrected chi connectivity index (χ2v) is 4.50. The molecule has 1 aromatic rings. The number of aliphatic hydroxyl groups is 1. The number of phenols is 1. The fourth-order valence-corrected chi connectivity index (χ4v) is 1.44. The molecule has 1 rings (SSSR count). The molecule has 0 saturated carbocycles. The number of hydrogen-bond acceptors (Lipinski definition) is 2. The first-order valence-corrected chi connectivity index (χ1v) is 4.80. The van der Waals surface area contributed by atoms with E-state index in [4.69, 9.17) is 0 Å². The highest BCUT2D eigenvalue weighted by Crippen LogP contribution is 2.29. The van der Waals surface area contributed by atoms with Gasteiger partial charge in [-0.3, -0.25) is 0 Å². The first kappa shape index (κ1) is 11.1. The molecule has 0 bridgehead atoms.